The van der Waals surface area contributed by atoms with Gasteiger partial charge in [-0.2, -0.15) is 12.6 Å². The van der Waals surface area contributed by atoms with Crippen LogP contribution in [0.5, 0.6) is 0 Å². The maximum absolute atomic E-state index is 4.36. The third kappa shape index (κ3) is 2.68. The van der Waals surface area contributed by atoms with E-state index in [4.69, 9.17) is 0 Å². The normalized spacial score (nSPS) is 11.4. The Morgan fingerprint density at radius 3 is 2.09 bits per heavy atom. The Kier molecular flexibility index (Phi) is 4.58. The first kappa shape index (κ1) is 15.2. The number of thiol groups is 1. The first-order valence-electron chi connectivity index (χ1n) is 8.04. The van der Waals surface area contributed by atoms with Crippen molar-refractivity contribution in [3.8, 4) is 0 Å². The molecule has 0 atom stereocenters. The van der Waals surface area contributed by atoms with Crippen LogP contribution in [0.2, 0.25) is 0 Å². The van der Waals surface area contributed by atoms with E-state index in [0.29, 0.717) is 0 Å². The predicted octanol–water partition coefficient (Wildman–Crippen LogP) is 5.41. The highest BCUT2D eigenvalue weighted by Crippen LogP contribution is 2.31. The maximum Gasteiger partial charge on any atom is 0.0494 e. The summed E-state index contributed by atoms with van der Waals surface area (Å²) in [7, 11) is 0. The second-order valence-electron chi connectivity index (χ2n) is 5.83. The molecule has 1 heterocycles. The number of aromatic nitrogens is 1. The van der Waals surface area contributed by atoms with Crippen LogP contribution >= 0.6 is 12.6 Å². The fourth-order valence-corrected chi connectivity index (χ4v) is 3.51. The molecule has 0 saturated heterocycles. The molecule has 0 aliphatic carbocycles. The van der Waals surface area contributed by atoms with Gasteiger partial charge in [-0.25, -0.2) is 0 Å². The summed E-state index contributed by atoms with van der Waals surface area (Å²) < 4.78 is 2.36. The van der Waals surface area contributed by atoms with Crippen molar-refractivity contribution in [2.45, 2.75) is 32.7 Å². The van der Waals surface area contributed by atoms with Gasteiger partial charge < -0.3 is 4.57 Å². The molecule has 0 fully saturated rings. The van der Waals surface area contributed by atoms with Crippen molar-refractivity contribution >= 4 is 34.4 Å². The Balaban J connectivity index is 2.28. The molecule has 1 nitrogen and oxygen atoms in total. The molecule has 0 saturated carbocycles. The summed E-state index contributed by atoms with van der Waals surface area (Å²) in [5.41, 5.74) is 5.39. The molecule has 0 bridgehead atoms. The molecule has 0 aliphatic heterocycles. The van der Waals surface area contributed by atoms with Gasteiger partial charge in [-0.05, 0) is 54.0 Å². The van der Waals surface area contributed by atoms with Gasteiger partial charge in [0.05, 0.1) is 0 Å². The van der Waals surface area contributed by atoms with Crippen molar-refractivity contribution < 1.29 is 0 Å². The monoisotopic (exact) mass is 309 g/mol. The number of benzene rings is 2. The van der Waals surface area contributed by atoms with E-state index in [1.807, 2.05) is 6.08 Å². The van der Waals surface area contributed by atoms with Gasteiger partial charge >= 0.3 is 0 Å². The zero-order chi connectivity index (χ0) is 15.5. The van der Waals surface area contributed by atoms with Gasteiger partial charge in [0.25, 0.3) is 0 Å². The quantitative estimate of drug-likeness (QED) is 0.459. The van der Waals surface area contributed by atoms with Gasteiger partial charge in [-0.1, -0.05) is 31.6 Å². The summed E-state index contributed by atoms with van der Waals surface area (Å²) in [6.45, 7) is 6.99. The van der Waals surface area contributed by atoms with Crippen LogP contribution in [-0.2, 0) is 19.4 Å². The molecule has 2 heteroatoms. The molecule has 0 unspecified atom stereocenters. The number of allylic oxidation sites excluding steroid dienone is 1. The Bertz CT molecular complexity index is 750. The molecule has 0 radical (unpaired) electrons. The molecule has 114 valence electrons. The molecule has 1 aromatic heterocycles. The number of hydrogen-bond donors (Lipinski definition) is 1. The summed E-state index contributed by atoms with van der Waals surface area (Å²) in [6.07, 6.45) is 5.31. The molecule has 0 N–H and O–H groups in total. The molecule has 2 aromatic carbocycles. The third-order valence-electron chi connectivity index (χ3n) is 4.24. The lowest BCUT2D eigenvalue weighted by Crippen LogP contribution is -1.94. The van der Waals surface area contributed by atoms with Crippen molar-refractivity contribution in [1.82, 2.24) is 4.57 Å². The van der Waals surface area contributed by atoms with Crippen LogP contribution in [0.3, 0.4) is 0 Å². The van der Waals surface area contributed by atoms with Gasteiger partial charge in [0, 0.05) is 28.4 Å². The standard InChI is InChI=1S/C20H23NS/c1-3-5-15-6-8-19-17(13-15)18-14-16(10-12-22)7-9-20(18)21(19)11-4-2/h4,6-9,13-14,22H,2-3,5,10-12H2,1H3. The van der Waals surface area contributed by atoms with E-state index < -0.39 is 0 Å². The van der Waals surface area contributed by atoms with Crippen LogP contribution in [0.15, 0.2) is 49.1 Å². The minimum atomic E-state index is 0.846. The highest BCUT2D eigenvalue weighted by Gasteiger charge is 2.11. The number of hydrogen-bond acceptors (Lipinski definition) is 1. The molecule has 0 amide bonds. The molecule has 0 aliphatic rings. The molecule has 3 rings (SSSR count). The van der Waals surface area contributed by atoms with Crippen LogP contribution in [0.4, 0.5) is 0 Å². The fourth-order valence-electron chi connectivity index (χ4n) is 3.25. The Morgan fingerprint density at radius 2 is 1.59 bits per heavy atom. The highest BCUT2D eigenvalue weighted by atomic mass is 32.1. The highest BCUT2D eigenvalue weighted by molar-refractivity contribution is 7.80. The summed E-state index contributed by atoms with van der Waals surface area (Å²) >= 11 is 4.36. The van der Waals surface area contributed by atoms with Crippen LogP contribution in [0.1, 0.15) is 24.5 Å². The summed E-state index contributed by atoms with van der Waals surface area (Å²) in [5, 5.41) is 2.72. The van der Waals surface area contributed by atoms with Gasteiger partial charge in [-0.3, -0.25) is 0 Å². The van der Waals surface area contributed by atoms with Crippen LogP contribution in [-0.4, -0.2) is 10.3 Å². The lowest BCUT2D eigenvalue weighted by atomic mass is 10.0. The van der Waals surface area contributed by atoms with Crippen LogP contribution in [0, 0.1) is 0 Å². The Hall–Kier alpha value is -1.67. The lowest BCUT2D eigenvalue weighted by Gasteiger charge is -2.04. The van der Waals surface area contributed by atoms with E-state index in [9.17, 15) is 0 Å². The van der Waals surface area contributed by atoms with Crippen molar-refractivity contribution in [2.24, 2.45) is 0 Å². The second kappa shape index (κ2) is 6.62. The number of aryl methyl sites for hydroxylation is 2. The molecular weight excluding hydrogens is 286 g/mol. The predicted molar refractivity (Wildman–Crippen MR) is 101 cm³/mol. The van der Waals surface area contributed by atoms with Crippen LogP contribution in [0.25, 0.3) is 21.8 Å². The van der Waals surface area contributed by atoms with Gasteiger partial charge in [0.2, 0.25) is 0 Å². The van der Waals surface area contributed by atoms with Gasteiger partial charge in [0.1, 0.15) is 0 Å². The number of rotatable bonds is 6. The average molecular weight is 309 g/mol. The Morgan fingerprint density at radius 1 is 1.00 bits per heavy atom. The minimum absolute atomic E-state index is 0.846. The summed E-state index contributed by atoms with van der Waals surface area (Å²) in [5.74, 6) is 0.887. The van der Waals surface area contributed by atoms with Crippen molar-refractivity contribution in [2.75, 3.05) is 5.75 Å². The first-order chi connectivity index (χ1) is 10.8. The summed E-state index contributed by atoms with van der Waals surface area (Å²) in [4.78, 5) is 0. The largest absolute Gasteiger partial charge is 0.337 e. The second-order valence-corrected chi connectivity index (χ2v) is 6.27. The molecular formula is C20H23NS. The number of nitrogens with zero attached hydrogens (tertiary/aromatic N) is 1. The van der Waals surface area contributed by atoms with E-state index in [1.165, 1.54) is 39.4 Å². The fraction of sp³-hybridized carbons (Fsp3) is 0.300. The molecule has 0 spiro atoms. The van der Waals surface area contributed by atoms with Gasteiger partial charge in [-0.15, -0.1) is 6.58 Å². The maximum atomic E-state index is 4.36. The molecule has 22 heavy (non-hydrogen) atoms. The average Bonchev–Trinajstić information content (AvgIpc) is 2.82. The van der Waals surface area contributed by atoms with E-state index in [0.717, 1.165) is 25.1 Å². The van der Waals surface area contributed by atoms with E-state index in [-0.39, 0.29) is 0 Å². The van der Waals surface area contributed by atoms with Gasteiger partial charge in [0.15, 0.2) is 0 Å². The van der Waals surface area contributed by atoms with E-state index in [1.54, 1.807) is 0 Å². The topological polar surface area (TPSA) is 4.93 Å². The smallest absolute Gasteiger partial charge is 0.0494 e. The summed E-state index contributed by atoms with van der Waals surface area (Å²) in [6, 6.07) is 13.7. The van der Waals surface area contributed by atoms with Crippen molar-refractivity contribution in [1.29, 1.82) is 0 Å². The first-order valence-corrected chi connectivity index (χ1v) is 8.67. The minimum Gasteiger partial charge on any atom is -0.337 e. The van der Waals surface area contributed by atoms with E-state index >= 15 is 0 Å². The number of fused-ring (bicyclic) bond motifs is 3. The van der Waals surface area contributed by atoms with E-state index in [2.05, 4.69) is 67.1 Å². The van der Waals surface area contributed by atoms with Crippen molar-refractivity contribution in [3.63, 3.8) is 0 Å². The Labute approximate surface area is 138 Å². The van der Waals surface area contributed by atoms with Crippen LogP contribution < -0.4 is 0 Å². The third-order valence-corrected chi connectivity index (χ3v) is 4.47. The zero-order valence-corrected chi connectivity index (χ0v) is 14.1. The molecule has 3 aromatic rings. The zero-order valence-electron chi connectivity index (χ0n) is 13.2. The van der Waals surface area contributed by atoms with Crippen molar-refractivity contribution in [3.05, 3.63) is 60.2 Å². The lowest BCUT2D eigenvalue weighted by molar-refractivity contribution is 0.898. The SMILES string of the molecule is C=CCn1c2ccc(CCC)cc2c2cc(CCS)ccc21.